The summed E-state index contributed by atoms with van der Waals surface area (Å²) in [6.45, 7) is -0.100. The average molecular weight is 409 g/mol. The summed E-state index contributed by atoms with van der Waals surface area (Å²) in [5, 5.41) is 7.12. The van der Waals surface area contributed by atoms with Crippen molar-refractivity contribution in [2.75, 3.05) is 18.2 Å². The maximum atomic E-state index is 13.1. The number of ether oxygens (including phenoxy) is 1. The maximum Gasteiger partial charge on any atom is 0.437 e. The summed E-state index contributed by atoms with van der Waals surface area (Å²) in [6.07, 6.45) is 0. The number of benzene rings is 2. The quantitative estimate of drug-likeness (QED) is 0.491. The Hall–Kier alpha value is -4.28. The number of nitrogens with two attached hydrogens (primary N) is 1. The van der Waals surface area contributed by atoms with Crippen molar-refractivity contribution in [3.8, 4) is 17.2 Å². The molecule has 0 amide bonds. The van der Waals surface area contributed by atoms with Gasteiger partial charge >= 0.3 is 5.76 Å². The van der Waals surface area contributed by atoms with E-state index >= 15 is 0 Å². The summed E-state index contributed by atoms with van der Waals surface area (Å²) >= 11 is 0. The highest BCUT2D eigenvalue weighted by atomic mass is 19.1. The summed E-state index contributed by atoms with van der Waals surface area (Å²) in [5.74, 6) is -0.140. The zero-order chi connectivity index (χ0) is 21.1. The van der Waals surface area contributed by atoms with Crippen LogP contribution in [0.4, 0.5) is 22.0 Å². The predicted octanol–water partition coefficient (Wildman–Crippen LogP) is 2.21. The van der Waals surface area contributed by atoms with Crippen LogP contribution in [0.25, 0.3) is 11.5 Å². The standard InChI is InChI=1S/C19H16FN7O3/c1-29-14-5-3-2-4-13(14)22-18-24-15(23-17(21)25-18)10-27-19(28)30-16(26-27)11-6-8-12(20)9-7-11/h2-9H,10H2,1H3,(H3,21,22,23,24,25). The Bertz CT molecular complexity index is 1240. The van der Waals surface area contributed by atoms with E-state index in [1.807, 2.05) is 12.1 Å². The van der Waals surface area contributed by atoms with Gasteiger partial charge in [0, 0.05) is 5.56 Å². The van der Waals surface area contributed by atoms with Crippen LogP contribution in [-0.4, -0.2) is 31.8 Å². The molecule has 0 saturated heterocycles. The Morgan fingerprint density at radius 3 is 2.67 bits per heavy atom. The van der Waals surface area contributed by atoms with Gasteiger partial charge in [-0.3, -0.25) is 0 Å². The minimum atomic E-state index is -0.715. The number of nitrogens with zero attached hydrogens (tertiary/aromatic N) is 5. The van der Waals surface area contributed by atoms with E-state index in [9.17, 15) is 9.18 Å². The van der Waals surface area contributed by atoms with Crippen LogP contribution in [0.3, 0.4) is 0 Å². The molecular formula is C19H16FN7O3. The topological polar surface area (TPSA) is 134 Å². The molecule has 11 heteroatoms. The Morgan fingerprint density at radius 2 is 1.90 bits per heavy atom. The second kappa shape index (κ2) is 7.99. The van der Waals surface area contributed by atoms with Crippen molar-refractivity contribution in [2.45, 2.75) is 6.54 Å². The van der Waals surface area contributed by atoms with Crippen LogP contribution < -0.4 is 21.5 Å². The molecule has 30 heavy (non-hydrogen) atoms. The highest BCUT2D eigenvalue weighted by Crippen LogP contribution is 2.25. The predicted molar refractivity (Wildman–Crippen MR) is 106 cm³/mol. The van der Waals surface area contributed by atoms with Crippen LogP contribution >= 0.6 is 0 Å². The van der Waals surface area contributed by atoms with Gasteiger partial charge in [0.15, 0.2) is 5.82 Å². The van der Waals surface area contributed by atoms with Crippen LogP contribution in [0.15, 0.2) is 57.7 Å². The number of methoxy groups -OCH3 is 1. The van der Waals surface area contributed by atoms with Gasteiger partial charge in [0.25, 0.3) is 0 Å². The molecule has 2 heterocycles. The van der Waals surface area contributed by atoms with Crippen molar-refractivity contribution in [3.05, 3.63) is 70.7 Å². The molecule has 10 nitrogen and oxygen atoms in total. The molecule has 0 bridgehead atoms. The molecule has 0 aliphatic heterocycles. The van der Waals surface area contributed by atoms with Gasteiger partial charge in [-0.25, -0.2) is 9.18 Å². The molecule has 4 rings (SSSR count). The Kier molecular flexibility index (Phi) is 5.08. The van der Waals surface area contributed by atoms with Gasteiger partial charge < -0.3 is 20.2 Å². The maximum absolute atomic E-state index is 13.1. The van der Waals surface area contributed by atoms with Gasteiger partial charge in [0.1, 0.15) is 18.1 Å². The molecule has 0 saturated carbocycles. The van der Waals surface area contributed by atoms with Crippen LogP contribution in [0, 0.1) is 5.82 Å². The second-order valence-electron chi connectivity index (χ2n) is 6.10. The lowest BCUT2D eigenvalue weighted by atomic mass is 10.2. The minimum Gasteiger partial charge on any atom is -0.495 e. The molecule has 4 aromatic rings. The number of halogens is 1. The highest BCUT2D eigenvalue weighted by Gasteiger charge is 2.14. The van der Waals surface area contributed by atoms with E-state index in [-0.39, 0.29) is 30.2 Å². The average Bonchev–Trinajstić information content (AvgIpc) is 3.08. The number of hydrogen-bond donors (Lipinski definition) is 2. The normalized spacial score (nSPS) is 10.7. The van der Waals surface area contributed by atoms with Crippen molar-refractivity contribution in [1.29, 1.82) is 0 Å². The van der Waals surface area contributed by atoms with Gasteiger partial charge in [-0.15, -0.1) is 5.10 Å². The van der Waals surface area contributed by atoms with Gasteiger partial charge in [-0.05, 0) is 36.4 Å². The van der Waals surface area contributed by atoms with Crippen molar-refractivity contribution >= 4 is 17.6 Å². The SMILES string of the molecule is COc1ccccc1Nc1nc(N)nc(Cn2nc(-c3ccc(F)cc3)oc2=O)n1. The first-order valence-corrected chi connectivity index (χ1v) is 8.76. The summed E-state index contributed by atoms with van der Waals surface area (Å²) in [7, 11) is 1.55. The lowest BCUT2D eigenvalue weighted by Gasteiger charge is -2.10. The molecule has 0 spiro atoms. The molecule has 0 radical (unpaired) electrons. The monoisotopic (exact) mass is 409 g/mol. The molecule has 152 valence electrons. The molecule has 0 fully saturated rings. The second-order valence-corrected chi connectivity index (χ2v) is 6.10. The van der Waals surface area contributed by atoms with E-state index in [0.29, 0.717) is 17.0 Å². The molecule has 2 aromatic heterocycles. The van der Waals surface area contributed by atoms with Crippen molar-refractivity contribution in [2.24, 2.45) is 0 Å². The van der Waals surface area contributed by atoms with Crippen LogP contribution in [0.1, 0.15) is 5.82 Å². The highest BCUT2D eigenvalue weighted by molar-refractivity contribution is 5.62. The van der Waals surface area contributed by atoms with Crippen molar-refractivity contribution < 1.29 is 13.5 Å². The molecular weight excluding hydrogens is 393 g/mol. The van der Waals surface area contributed by atoms with Gasteiger partial charge in [0.05, 0.1) is 12.8 Å². The van der Waals surface area contributed by atoms with Crippen LogP contribution in [-0.2, 0) is 6.54 Å². The van der Waals surface area contributed by atoms with E-state index in [1.165, 1.54) is 24.3 Å². The third-order valence-corrected chi connectivity index (χ3v) is 4.04. The fraction of sp³-hybridized carbons (Fsp3) is 0.105. The van der Waals surface area contributed by atoms with Crippen LogP contribution in [0.2, 0.25) is 0 Å². The Balaban J connectivity index is 1.60. The van der Waals surface area contributed by atoms with E-state index in [1.54, 1.807) is 19.2 Å². The van der Waals surface area contributed by atoms with Gasteiger partial charge in [-0.1, -0.05) is 12.1 Å². The Labute approximate surface area is 169 Å². The molecule has 3 N–H and O–H groups in total. The zero-order valence-electron chi connectivity index (χ0n) is 15.7. The number of hydrogen-bond acceptors (Lipinski definition) is 9. The minimum absolute atomic E-state index is 0.0345. The number of rotatable bonds is 6. The van der Waals surface area contributed by atoms with Gasteiger partial charge in [-0.2, -0.15) is 19.6 Å². The van der Waals surface area contributed by atoms with Crippen molar-refractivity contribution in [1.82, 2.24) is 24.7 Å². The summed E-state index contributed by atoms with van der Waals surface area (Å²) < 4.78 is 24.6. The third kappa shape index (κ3) is 4.09. The van der Waals surface area contributed by atoms with E-state index in [4.69, 9.17) is 14.9 Å². The fourth-order valence-electron chi connectivity index (χ4n) is 2.68. The zero-order valence-corrected chi connectivity index (χ0v) is 15.7. The first-order valence-electron chi connectivity index (χ1n) is 8.76. The number of nitrogen functional groups attached to an aromatic ring is 1. The molecule has 2 aromatic carbocycles. The number of aromatic nitrogens is 5. The van der Waals surface area contributed by atoms with E-state index in [0.717, 1.165) is 4.68 Å². The van der Waals surface area contributed by atoms with Crippen LogP contribution in [0.5, 0.6) is 5.75 Å². The lowest BCUT2D eigenvalue weighted by molar-refractivity contribution is 0.417. The summed E-state index contributed by atoms with van der Waals surface area (Å²) in [6, 6.07) is 12.6. The largest absolute Gasteiger partial charge is 0.495 e. The third-order valence-electron chi connectivity index (χ3n) is 4.04. The van der Waals surface area contributed by atoms with Gasteiger partial charge in [0.2, 0.25) is 17.8 Å². The van der Waals surface area contributed by atoms with Crippen molar-refractivity contribution in [3.63, 3.8) is 0 Å². The number of nitrogens with one attached hydrogen (secondary N) is 1. The molecule has 0 unspecified atom stereocenters. The molecule has 0 atom stereocenters. The first-order chi connectivity index (χ1) is 14.5. The molecule has 0 aliphatic carbocycles. The molecule has 0 aliphatic rings. The Morgan fingerprint density at radius 1 is 1.13 bits per heavy atom. The summed E-state index contributed by atoms with van der Waals surface area (Å²) in [5.41, 5.74) is 6.88. The van der Waals surface area contributed by atoms with E-state index < -0.39 is 11.6 Å². The lowest BCUT2D eigenvalue weighted by Crippen LogP contribution is -2.19. The number of para-hydroxylation sites is 2. The number of anilines is 3. The van der Waals surface area contributed by atoms with E-state index in [2.05, 4.69) is 25.4 Å². The first kappa shape index (κ1) is 19.1. The summed E-state index contributed by atoms with van der Waals surface area (Å²) in [4.78, 5) is 24.5. The smallest absolute Gasteiger partial charge is 0.437 e. The fourth-order valence-corrected chi connectivity index (χ4v) is 2.68.